The van der Waals surface area contributed by atoms with Crippen LogP contribution in [0.2, 0.25) is 0 Å². The maximum Gasteiger partial charge on any atom is 0.0794 e. The predicted octanol–water partition coefficient (Wildman–Crippen LogP) is 2.76. The lowest BCUT2D eigenvalue weighted by molar-refractivity contribution is 0.732. The molecule has 0 saturated carbocycles. The van der Waals surface area contributed by atoms with Crippen molar-refractivity contribution in [2.75, 3.05) is 12.3 Å². The Bertz CT molecular complexity index is 239. The number of thiazole rings is 1. The van der Waals surface area contributed by atoms with Crippen LogP contribution >= 0.6 is 23.1 Å². The van der Waals surface area contributed by atoms with Crippen LogP contribution in [0.1, 0.15) is 25.6 Å². The van der Waals surface area contributed by atoms with E-state index in [9.17, 15) is 0 Å². The minimum Gasteiger partial charge on any atom is -0.311 e. The molecule has 0 aromatic carbocycles. The van der Waals surface area contributed by atoms with Gasteiger partial charge < -0.3 is 5.32 Å². The van der Waals surface area contributed by atoms with Crippen molar-refractivity contribution >= 4 is 23.1 Å². The lowest BCUT2D eigenvalue weighted by atomic mass is 10.3. The zero-order valence-electron chi connectivity index (χ0n) is 9.04. The zero-order chi connectivity index (χ0) is 10.4. The maximum atomic E-state index is 4.03. The van der Waals surface area contributed by atoms with Gasteiger partial charge >= 0.3 is 0 Å². The Balaban J connectivity index is 2.00. The standard InChI is InChI=1S/C10H18N2S2/c1-10(2,3)14-5-4-11-6-9-7-12-8-13-9/h7-8,11H,4-6H2,1-3H3. The van der Waals surface area contributed by atoms with Crippen molar-refractivity contribution in [2.24, 2.45) is 0 Å². The molecule has 0 amide bonds. The van der Waals surface area contributed by atoms with Gasteiger partial charge in [-0.2, -0.15) is 11.8 Å². The van der Waals surface area contributed by atoms with Crippen LogP contribution in [-0.2, 0) is 6.54 Å². The summed E-state index contributed by atoms with van der Waals surface area (Å²) in [6, 6.07) is 0. The molecule has 0 aliphatic rings. The van der Waals surface area contributed by atoms with Gasteiger partial charge in [0.2, 0.25) is 0 Å². The molecule has 0 atom stereocenters. The first kappa shape index (κ1) is 12.0. The van der Waals surface area contributed by atoms with E-state index in [1.165, 1.54) is 10.6 Å². The summed E-state index contributed by atoms with van der Waals surface area (Å²) in [6.07, 6.45) is 1.93. The molecule has 0 fully saturated rings. The molecule has 0 radical (unpaired) electrons. The molecule has 2 nitrogen and oxygen atoms in total. The molecule has 0 saturated heterocycles. The van der Waals surface area contributed by atoms with Crippen LogP contribution < -0.4 is 5.32 Å². The molecule has 1 aromatic heterocycles. The number of hydrogen-bond acceptors (Lipinski definition) is 4. The van der Waals surface area contributed by atoms with E-state index in [1.54, 1.807) is 11.3 Å². The van der Waals surface area contributed by atoms with E-state index in [-0.39, 0.29) is 0 Å². The molecule has 1 rings (SSSR count). The van der Waals surface area contributed by atoms with Crippen LogP contribution in [0.3, 0.4) is 0 Å². The summed E-state index contributed by atoms with van der Waals surface area (Å²) in [6.45, 7) is 8.78. The molecule has 80 valence electrons. The molecule has 0 unspecified atom stereocenters. The highest BCUT2D eigenvalue weighted by atomic mass is 32.2. The van der Waals surface area contributed by atoms with Gasteiger partial charge in [0.1, 0.15) is 0 Å². The average molecular weight is 230 g/mol. The van der Waals surface area contributed by atoms with Gasteiger partial charge in [-0.3, -0.25) is 4.98 Å². The van der Waals surface area contributed by atoms with E-state index >= 15 is 0 Å². The third kappa shape index (κ3) is 5.62. The fourth-order valence-corrected chi connectivity index (χ4v) is 2.39. The summed E-state index contributed by atoms with van der Waals surface area (Å²) in [7, 11) is 0. The van der Waals surface area contributed by atoms with Crippen LogP contribution in [0.4, 0.5) is 0 Å². The molecule has 0 aliphatic heterocycles. The Morgan fingerprint density at radius 2 is 2.29 bits per heavy atom. The molecule has 14 heavy (non-hydrogen) atoms. The Hall–Kier alpha value is -0.0600. The van der Waals surface area contributed by atoms with Gasteiger partial charge in [0.05, 0.1) is 5.51 Å². The maximum absolute atomic E-state index is 4.03. The Kier molecular flexibility index (Phi) is 4.92. The normalized spacial score (nSPS) is 11.9. The topological polar surface area (TPSA) is 24.9 Å². The fourth-order valence-electron chi connectivity index (χ4n) is 0.970. The number of nitrogens with zero attached hydrogens (tertiary/aromatic N) is 1. The van der Waals surface area contributed by atoms with Gasteiger partial charge in [-0.25, -0.2) is 0 Å². The third-order valence-corrected chi connectivity index (χ3v) is 3.65. The van der Waals surface area contributed by atoms with E-state index in [0.29, 0.717) is 4.75 Å². The molecular formula is C10H18N2S2. The van der Waals surface area contributed by atoms with Gasteiger partial charge in [0.25, 0.3) is 0 Å². The minimum atomic E-state index is 0.381. The van der Waals surface area contributed by atoms with Crippen LogP contribution in [0.25, 0.3) is 0 Å². The summed E-state index contributed by atoms with van der Waals surface area (Å²) in [4.78, 5) is 5.34. The highest BCUT2D eigenvalue weighted by molar-refractivity contribution is 8.00. The Morgan fingerprint density at radius 3 is 2.86 bits per heavy atom. The molecule has 4 heteroatoms. The predicted molar refractivity (Wildman–Crippen MR) is 66.0 cm³/mol. The minimum absolute atomic E-state index is 0.381. The summed E-state index contributed by atoms with van der Waals surface area (Å²) < 4.78 is 0.381. The van der Waals surface area contributed by atoms with Gasteiger partial charge in [0.15, 0.2) is 0 Å². The lowest BCUT2D eigenvalue weighted by Crippen LogP contribution is -2.19. The second kappa shape index (κ2) is 5.73. The van der Waals surface area contributed by atoms with Crippen molar-refractivity contribution < 1.29 is 0 Å². The monoisotopic (exact) mass is 230 g/mol. The molecule has 1 aromatic rings. The first-order valence-corrected chi connectivity index (χ1v) is 6.66. The summed E-state index contributed by atoms with van der Waals surface area (Å²) in [5.74, 6) is 1.17. The quantitative estimate of drug-likeness (QED) is 0.787. The van der Waals surface area contributed by atoms with Crippen molar-refractivity contribution in [3.05, 3.63) is 16.6 Å². The van der Waals surface area contributed by atoms with E-state index < -0.39 is 0 Å². The Morgan fingerprint density at radius 1 is 1.50 bits per heavy atom. The van der Waals surface area contributed by atoms with Crippen LogP contribution in [-0.4, -0.2) is 22.0 Å². The number of nitrogens with one attached hydrogen (secondary N) is 1. The fraction of sp³-hybridized carbons (Fsp3) is 0.700. The third-order valence-electron chi connectivity index (χ3n) is 1.60. The van der Waals surface area contributed by atoms with E-state index in [0.717, 1.165) is 13.1 Å². The molecular weight excluding hydrogens is 212 g/mol. The lowest BCUT2D eigenvalue weighted by Gasteiger charge is -2.17. The summed E-state index contributed by atoms with van der Waals surface area (Å²) in [5, 5.41) is 3.41. The van der Waals surface area contributed by atoms with Crippen molar-refractivity contribution in [1.82, 2.24) is 10.3 Å². The van der Waals surface area contributed by atoms with Gasteiger partial charge in [0, 0.05) is 34.7 Å². The van der Waals surface area contributed by atoms with Gasteiger partial charge in [-0.15, -0.1) is 11.3 Å². The van der Waals surface area contributed by atoms with E-state index in [4.69, 9.17) is 0 Å². The molecule has 1 N–H and O–H groups in total. The van der Waals surface area contributed by atoms with Gasteiger partial charge in [-0.1, -0.05) is 20.8 Å². The van der Waals surface area contributed by atoms with E-state index in [2.05, 4.69) is 31.1 Å². The SMILES string of the molecule is CC(C)(C)SCCNCc1cncs1. The van der Waals surface area contributed by atoms with Gasteiger partial charge in [-0.05, 0) is 0 Å². The average Bonchev–Trinajstić information content (AvgIpc) is 2.54. The second-order valence-electron chi connectivity index (χ2n) is 4.11. The smallest absolute Gasteiger partial charge is 0.0794 e. The van der Waals surface area contributed by atoms with Crippen molar-refractivity contribution in [1.29, 1.82) is 0 Å². The molecule has 0 spiro atoms. The number of hydrogen-bond donors (Lipinski definition) is 1. The molecule has 0 aliphatic carbocycles. The van der Waals surface area contributed by atoms with Crippen LogP contribution in [0, 0.1) is 0 Å². The number of aromatic nitrogens is 1. The highest BCUT2D eigenvalue weighted by Crippen LogP contribution is 2.22. The molecule has 1 heterocycles. The first-order valence-electron chi connectivity index (χ1n) is 4.80. The highest BCUT2D eigenvalue weighted by Gasteiger charge is 2.08. The number of thioether (sulfide) groups is 1. The zero-order valence-corrected chi connectivity index (χ0v) is 10.7. The van der Waals surface area contributed by atoms with Crippen molar-refractivity contribution in [3.8, 4) is 0 Å². The van der Waals surface area contributed by atoms with E-state index in [1.807, 2.05) is 23.5 Å². The summed E-state index contributed by atoms with van der Waals surface area (Å²) >= 11 is 3.70. The number of rotatable bonds is 5. The van der Waals surface area contributed by atoms with Crippen molar-refractivity contribution in [2.45, 2.75) is 32.1 Å². The Labute approximate surface area is 94.5 Å². The van der Waals surface area contributed by atoms with Crippen LogP contribution in [0.5, 0.6) is 0 Å². The first-order chi connectivity index (χ1) is 6.58. The van der Waals surface area contributed by atoms with Crippen LogP contribution in [0.15, 0.2) is 11.7 Å². The van der Waals surface area contributed by atoms with Crippen molar-refractivity contribution in [3.63, 3.8) is 0 Å². The largest absolute Gasteiger partial charge is 0.311 e. The second-order valence-corrected chi connectivity index (χ2v) is 7.00. The molecule has 0 bridgehead atoms. The summed E-state index contributed by atoms with van der Waals surface area (Å²) in [5.41, 5.74) is 1.88.